The van der Waals surface area contributed by atoms with Crippen molar-refractivity contribution < 1.29 is 19.0 Å². The van der Waals surface area contributed by atoms with Gasteiger partial charge < -0.3 is 14.2 Å². The number of ether oxygens (including phenoxy) is 3. The summed E-state index contributed by atoms with van der Waals surface area (Å²) >= 11 is 11.0. The zero-order valence-corrected chi connectivity index (χ0v) is 20.0. The highest BCUT2D eigenvalue weighted by atomic mass is 79.9. The predicted octanol–water partition coefficient (Wildman–Crippen LogP) is 5.88. The number of amides is 1. The maximum absolute atomic E-state index is 12.3. The quantitative estimate of drug-likeness (QED) is 0.429. The van der Waals surface area contributed by atoms with Crippen LogP contribution in [0.2, 0.25) is 5.02 Å². The van der Waals surface area contributed by atoms with E-state index >= 15 is 0 Å². The molecule has 0 saturated carbocycles. The molecule has 0 atom stereocenters. The third kappa shape index (κ3) is 4.88. The van der Waals surface area contributed by atoms with Crippen LogP contribution < -0.4 is 19.5 Å². The van der Waals surface area contributed by atoms with Gasteiger partial charge in [0.1, 0.15) is 5.75 Å². The third-order valence-corrected chi connectivity index (χ3v) is 6.68. The van der Waals surface area contributed by atoms with E-state index in [0.29, 0.717) is 27.4 Å². The van der Waals surface area contributed by atoms with E-state index in [4.69, 9.17) is 25.8 Å². The zero-order chi connectivity index (χ0) is 21.8. The van der Waals surface area contributed by atoms with Crippen molar-refractivity contribution in [1.29, 1.82) is 0 Å². The Morgan fingerprint density at radius 1 is 1.17 bits per heavy atom. The molecule has 6 nitrogen and oxygen atoms in total. The van der Waals surface area contributed by atoms with Crippen molar-refractivity contribution in [3.63, 3.8) is 0 Å². The van der Waals surface area contributed by atoms with Gasteiger partial charge in [-0.15, -0.1) is 11.3 Å². The first kappa shape index (κ1) is 22.4. The van der Waals surface area contributed by atoms with E-state index in [1.165, 1.54) is 11.3 Å². The van der Waals surface area contributed by atoms with Crippen molar-refractivity contribution in [1.82, 2.24) is 4.98 Å². The molecular weight excluding hydrogens is 492 g/mol. The van der Waals surface area contributed by atoms with Gasteiger partial charge >= 0.3 is 0 Å². The highest BCUT2D eigenvalue weighted by molar-refractivity contribution is 9.10. The number of aromatic nitrogens is 1. The number of rotatable bonds is 7. The summed E-state index contributed by atoms with van der Waals surface area (Å²) in [5, 5.41) is 5.77. The molecule has 2 aromatic carbocycles. The minimum absolute atomic E-state index is 0.148. The van der Waals surface area contributed by atoms with Gasteiger partial charge in [-0.05, 0) is 65.2 Å². The minimum Gasteiger partial charge on any atom is -0.493 e. The van der Waals surface area contributed by atoms with Crippen LogP contribution in [0.3, 0.4) is 0 Å². The molecule has 1 aromatic heterocycles. The molecule has 3 rings (SSSR count). The molecule has 158 valence electrons. The van der Waals surface area contributed by atoms with E-state index in [-0.39, 0.29) is 12.5 Å². The van der Waals surface area contributed by atoms with Gasteiger partial charge in [-0.2, -0.15) is 0 Å². The summed E-state index contributed by atoms with van der Waals surface area (Å²) in [6.45, 7) is 3.63. The van der Waals surface area contributed by atoms with Gasteiger partial charge in [-0.3, -0.25) is 10.1 Å². The third-order valence-electron chi connectivity index (χ3n) is 4.36. The largest absolute Gasteiger partial charge is 0.493 e. The van der Waals surface area contributed by atoms with Gasteiger partial charge in [-0.25, -0.2) is 4.98 Å². The summed E-state index contributed by atoms with van der Waals surface area (Å²) in [7, 11) is 3.16. The van der Waals surface area contributed by atoms with E-state index in [2.05, 4.69) is 26.2 Å². The highest BCUT2D eigenvalue weighted by Gasteiger charge is 2.14. The number of aryl methyl sites for hydroxylation is 1. The smallest absolute Gasteiger partial charge is 0.264 e. The number of thiazole rings is 1. The van der Waals surface area contributed by atoms with Crippen LogP contribution in [0.5, 0.6) is 17.2 Å². The summed E-state index contributed by atoms with van der Waals surface area (Å²) in [4.78, 5) is 16.8. The van der Waals surface area contributed by atoms with Crippen LogP contribution in [0.25, 0.3) is 11.3 Å². The second kappa shape index (κ2) is 9.68. The van der Waals surface area contributed by atoms with Crippen LogP contribution in [-0.4, -0.2) is 31.7 Å². The van der Waals surface area contributed by atoms with Crippen molar-refractivity contribution in [3.8, 4) is 28.5 Å². The lowest BCUT2D eigenvalue weighted by atomic mass is 10.1. The Hall–Kier alpha value is -2.29. The molecule has 0 aliphatic carbocycles. The number of hydrogen-bond acceptors (Lipinski definition) is 6. The van der Waals surface area contributed by atoms with Crippen LogP contribution in [0.4, 0.5) is 5.13 Å². The SMILES string of the molecule is COc1ccc(-c2csc(NC(=O)COc3cc(C)c(Cl)c(C)c3Br)n2)cc1OC. The van der Waals surface area contributed by atoms with Crippen molar-refractivity contribution in [2.75, 3.05) is 26.1 Å². The fourth-order valence-corrected chi connectivity index (χ4v) is 4.19. The van der Waals surface area contributed by atoms with E-state index in [1.807, 2.05) is 37.4 Å². The molecule has 0 saturated heterocycles. The van der Waals surface area contributed by atoms with Gasteiger partial charge in [-0.1, -0.05) is 11.6 Å². The molecule has 0 unspecified atom stereocenters. The predicted molar refractivity (Wildman–Crippen MR) is 123 cm³/mol. The molecule has 0 aliphatic heterocycles. The minimum atomic E-state index is -0.305. The maximum atomic E-state index is 12.3. The van der Waals surface area contributed by atoms with Gasteiger partial charge in [0.25, 0.3) is 5.91 Å². The van der Waals surface area contributed by atoms with Gasteiger partial charge in [0, 0.05) is 16.0 Å². The molecular formula is C21H20BrClN2O4S. The Balaban J connectivity index is 1.66. The topological polar surface area (TPSA) is 69.7 Å². The molecule has 1 amide bonds. The lowest BCUT2D eigenvalue weighted by Gasteiger charge is -2.12. The first-order valence-corrected chi connectivity index (χ1v) is 10.9. The van der Waals surface area contributed by atoms with Crippen molar-refractivity contribution in [2.24, 2.45) is 0 Å². The van der Waals surface area contributed by atoms with Gasteiger partial charge in [0.2, 0.25) is 0 Å². The molecule has 0 spiro atoms. The monoisotopic (exact) mass is 510 g/mol. The van der Waals surface area contributed by atoms with Gasteiger partial charge in [0.05, 0.1) is 24.4 Å². The number of carbonyl (C=O) groups is 1. The lowest BCUT2D eigenvalue weighted by molar-refractivity contribution is -0.118. The maximum Gasteiger partial charge on any atom is 0.264 e. The summed E-state index contributed by atoms with van der Waals surface area (Å²) in [5.74, 6) is 1.51. The standard InChI is InChI=1S/C21H20BrClN2O4S/c1-11-7-17(19(22)12(2)20(11)23)29-9-18(26)25-21-24-14(10-30-21)13-5-6-15(27-3)16(8-13)28-4/h5-8,10H,9H2,1-4H3,(H,24,25,26). The fourth-order valence-electron chi connectivity index (χ4n) is 2.76. The first-order valence-electron chi connectivity index (χ1n) is 8.89. The van der Waals surface area contributed by atoms with Crippen LogP contribution in [0, 0.1) is 13.8 Å². The van der Waals surface area contributed by atoms with Crippen LogP contribution in [0.15, 0.2) is 34.1 Å². The van der Waals surface area contributed by atoms with Gasteiger partial charge in [0.15, 0.2) is 23.2 Å². The average molecular weight is 512 g/mol. The number of hydrogen-bond donors (Lipinski definition) is 1. The Kier molecular flexibility index (Phi) is 7.23. The highest BCUT2D eigenvalue weighted by Crippen LogP contribution is 2.36. The molecule has 0 aliphatic rings. The zero-order valence-electron chi connectivity index (χ0n) is 16.8. The van der Waals surface area contributed by atoms with Crippen molar-refractivity contribution >= 4 is 49.9 Å². The van der Waals surface area contributed by atoms with E-state index in [0.717, 1.165) is 26.9 Å². The van der Waals surface area contributed by atoms with Crippen LogP contribution in [-0.2, 0) is 4.79 Å². The second-order valence-corrected chi connectivity index (χ2v) is 8.42. The first-order chi connectivity index (χ1) is 14.3. The van der Waals surface area contributed by atoms with E-state index < -0.39 is 0 Å². The number of halogens is 2. The molecule has 9 heteroatoms. The number of nitrogens with zero attached hydrogens (tertiary/aromatic N) is 1. The van der Waals surface area contributed by atoms with Crippen LogP contribution in [0.1, 0.15) is 11.1 Å². The molecule has 1 N–H and O–H groups in total. The summed E-state index contributed by atoms with van der Waals surface area (Å²) in [6, 6.07) is 7.33. The lowest BCUT2D eigenvalue weighted by Crippen LogP contribution is -2.20. The number of methoxy groups -OCH3 is 2. The number of anilines is 1. The molecule has 3 aromatic rings. The molecule has 30 heavy (non-hydrogen) atoms. The van der Waals surface area contributed by atoms with E-state index in [1.54, 1.807) is 20.3 Å². The number of carbonyl (C=O) groups excluding carboxylic acids is 1. The molecule has 1 heterocycles. The Morgan fingerprint density at radius 3 is 2.60 bits per heavy atom. The second-order valence-electron chi connectivity index (χ2n) is 6.39. The summed E-state index contributed by atoms with van der Waals surface area (Å²) < 4.78 is 17.0. The van der Waals surface area contributed by atoms with E-state index in [9.17, 15) is 4.79 Å². The Labute approximate surface area is 192 Å². The summed E-state index contributed by atoms with van der Waals surface area (Å²) in [5.41, 5.74) is 3.33. The number of nitrogens with one attached hydrogen (secondary N) is 1. The Bertz CT molecular complexity index is 1090. The molecule has 0 radical (unpaired) electrons. The molecule has 0 fully saturated rings. The normalized spacial score (nSPS) is 10.6. The number of benzene rings is 2. The van der Waals surface area contributed by atoms with Crippen molar-refractivity contribution in [3.05, 3.63) is 50.3 Å². The van der Waals surface area contributed by atoms with Crippen LogP contribution >= 0.6 is 38.9 Å². The van der Waals surface area contributed by atoms with Crippen molar-refractivity contribution in [2.45, 2.75) is 13.8 Å². The average Bonchev–Trinajstić information content (AvgIpc) is 3.21. The summed E-state index contributed by atoms with van der Waals surface area (Å²) in [6.07, 6.45) is 0. The Morgan fingerprint density at radius 2 is 1.90 bits per heavy atom. The molecule has 0 bridgehead atoms. The fraction of sp³-hybridized carbons (Fsp3) is 0.238.